The van der Waals surface area contributed by atoms with Crippen LogP contribution in [0.5, 0.6) is 0 Å². The summed E-state index contributed by atoms with van der Waals surface area (Å²) >= 11 is 0. The Morgan fingerprint density at radius 3 is 2.76 bits per heavy atom. The van der Waals surface area contributed by atoms with Crippen LogP contribution in [0.3, 0.4) is 0 Å². The zero-order valence-electron chi connectivity index (χ0n) is 18.5. The first-order chi connectivity index (χ1) is 15.8. The summed E-state index contributed by atoms with van der Waals surface area (Å²) in [5, 5.41) is 16.7. The molecule has 1 amide bonds. The van der Waals surface area contributed by atoms with Crippen LogP contribution in [0.4, 0.5) is 11.6 Å². The van der Waals surface area contributed by atoms with Crippen LogP contribution in [0.1, 0.15) is 42.4 Å². The number of nitrogens with zero attached hydrogens (tertiary/aromatic N) is 5. The van der Waals surface area contributed by atoms with Gasteiger partial charge in [0.25, 0.3) is 11.5 Å². The normalized spacial score (nSPS) is 13.3. The Morgan fingerprint density at radius 1 is 1.18 bits per heavy atom. The molecule has 33 heavy (non-hydrogen) atoms. The molecular weight excluding hydrogens is 422 g/mol. The van der Waals surface area contributed by atoms with Crippen LogP contribution in [0.2, 0.25) is 0 Å². The Morgan fingerprint density at radius 2 is 2.00 bits per heavy atom. The monoisotopic (exact) mass is 445 g/mol. The maximum absolute atomic E-state index is 13.0. The van der Waals surface area contributed by atoms with Crippen molar-refractivity contribution < 1.29 is 9.90 Å². The molecule has 0 bridgehead atoms. The fourth-order valence-electron chi connectivity index (χ4n) is 3.91. The number of aromatic nitrogens is 5. The van der Waals surface area contributed by atoms with Gasteiger partial charge in [0, 0.05) is 30.5 Å². The topological polar surface area (TPSA) is 127 Å². The van der Waals surface area contributed by atoms with E-state index in [0.717, 1.165) is 5.56 Å². The van der Waals surface area contributed by atoms with Crippen LogP contribution in [-0.4, -0.2) is 35.3 Å². The van der Waals surface area contributed by atoms with Crippen molar-refractivity contribution in [1.29, 1.82) is 0 Å². The third-order valence-corrected chi connectivity index (χ3v) is 5.60. The summed E-state index contributed by atoms with van der Waals surface area (Å²) < 4.78 is 3.16. The van der Waals surface area contributed by atoms with E-state index in [-0.39, 0.29) is 17.4 Å². The maximum Gasteiger partial charge on any atom is 0.278 e. The van der Waals surface area contributed by atoms with Crippen molar-refractivity contribution in [1.82, 2.24) is 29.6 Å². The lowest BCUT2D eigenvalue weighted by atomic mass is 10.1. The van der Waals surface area contributed by atoms with Crippen molar-refractivity contribution >= 4 is 28.6 Å². The molecule has 0 unspecified atom stereocenters. The van der Waals surface area contributed by atoms with Crippen molar-refractivity contribution in [3.8, 4) is 5.82 Å². The predicted molar refractivity (Wildman–Crippen MR) is 123 cm³/mol. The largest absolute Gasteiger partial charge is 0.384 e. The van der Waals surface area contributed by atoms with E-state index >= 15 is 0 Å². The molecule has 4 heterocycles. The second-order valence-corrected chi connectivity index (χ2v) is 8.38. The van der Waals surface area contributed by atoms with Crippen LogP contribution in [0.25, 0.3) is 16.9 Å². The number of benzene rings is 1. The lowest BCUT2D eigenvalue weighted by Gasteiger charge is -2.18. The highest BCUT2D eigenvalue weighted by molar-refractivity contribution is 5.99. The molecule has 4 aromatic rings. The average molecular weight is 445 g/mol. The highest BCUT2D eigenvalue weighted by Gasteiger charge is 2.22. The third kappa shape index (κ3) is 3.54. The minimum Gasteiger partial charge on any atom is -0.384 e. The Bertz CT molecular complexity index is 1460. The predicted octanol–water partition coefficient (Wildman–Crippen LogP) is 2.21. The van der Waals surface area contributed by atoms with E-state index in [2.05, 4.69) is 25.6 Å². The van der Waals surface area contributed by atoms with Crippen molar-refractivity contribution in [2.45, 2.75) is 39.5 Å². The second-order valence-electron chi connectivity index (χ2n) is 8.38. The molecule has 1 aliphatic heterocycles. The van der Waals surface area contributed by atoms with Gasteiger partial charge in [-0.2, -0.15) is 4.98 Å². The minimum absolute atomic E-state index is 0.114. The molecule has 0 spiro atoms. The van der Waals surface area contributed by atoms with Gasteiger partial charge in [-0.25, -0.2) is 19.3 Å². The number of pyridine rings is 1. The molecule has 0 saturated heterocycles. The Labute approximate surface area is 188 Å². The smallest absolute Gasteiger partial charge is 0.278 e. The number of hydrogen-bond donors (Lipinski definition) is 3. The van der Waals surface area contributed by atoms with Gasteiger partial charge in [0.05, 0.1) is 5.69 Å². The number of anilines is 2. The summed E-state index contributed by atoms with van der Waals surface area (Å²) in [4.78, 5) is 38.4. The van der Waals surface area contributed by atoms with E-state index in [4.69, 9.17) is 0 Å². The van der Waals surface area contributed by atoms with Gasteiger partial charge in [-0.1, -0.05) is 12.1 Å². The molecular formula is C23H23N7O3. The van der Waals surface area contributed by atoms with Crippen LogP contribution in [-0.2, 0) is 18.7 Å². The molecule has 0 fully saturated rings. The van der Waals surface area contributed by atoms with E-state index in [0.29, 0.717) is 46.9 Å². The van der Waals surface area contributed by atoms with Gasteiger partial charge < -0.3 is 15.7 Å². The average Bonchev–Trinajstić information content (AvgIpc) is 3.30. The van der Waals surface area contributed by atoms with Crippen molar-refractivity contribution in [3.63, 3.8) is 0 Å². The van der Waals surface area contributed by atoms with Gasteiger partial charge in [-0.15, -0.1) is 0 Å². The van der Waals surface area contributed by atoms with Crippen molar-refractivity contribution in [2.75, 3.05) is 5.32 Å². The molecule has 3 N–H and O–H groups in total. The zero-order chi connectivity index (χ0) is 23.3. The number of hydrogen-bond acceptors (Lipinski definition) is 7. The molecule has 0 atom stereocenters. The first-order valence-corrected chi connectivity index (χ1v) is 10.6. The molecule has 10 nitrogen and oxygen atoms in total. The molecule has 0 saturated carbocycles. The highest BCUT2D eigenvalue weighted by Crippen LogP contribution is 2.24. The van der Waals surface area contributed by atoms with Gasteiger partial charge in [0.15, 0.2) is 11.5 Å². The Balaban J connectivity index is 1.62. The van der Waals surface area contributed by atoms with Gasteiger partial charge in [-0.3, -0.25) is 9.59 Å². The molecule has 0 aliphatic carbocycles. The van der Waals surface area contributed by atoms with Gasteiger partial charge in [0.1, 0.15) is 11.0 Å². The van der Waals surface area contributed by atoms with E-state index in [9.17, 15) is 14.7 Å². The SMILES string of the molecule is CCn1c(=O)c2cnc(Nc3ccc4c(c3)C(=O)NC4)nc2n1-c1cccc(C(C)(C)O)n1. The Hall–Kier alpha value is -4.05. The summed E-state index contributed by atoms with van der Waals surface area (Å²) in [6.07, 6.45) is 1.48. The van der Waals surface area contributed by atoms with E-state index in [1.807, 2.05) is 19.1 Å². The summed E-state index contributed by atoms with van der Waals surface area (Å²) in [5.74, 6) is 0.626. The first-order valence-electron chi connectivity index (χ1n) is 10.6. The van der Waals surface area contributed by atoms with Crippen molar-refractivity contribution in [3.05, 3.63) is 69.8 Å². The lowest BCUT2D eigenvalue weighted by molar-refractivity contribution is 0.0737. The van der Waals surface area contributed by atoms with E-state index in [1.165, 1.54) is 10.9 Å². The van der Waals surface area contributed by atoms with E-state index < -0.39 is 5.60 Å². The molecule has 168 valence electrons. The van der Waals surface area contributed by atoms with Crippen LogP contribution >= 0.6 is 0 Å². The number of fused-ring (bicyclic) bond motifs is 2. The molecule has 3 aromatic heterocycles. The van der Waals surface area contributed by atoms with Crippen LogP contribution in [0.15, 0.2) is 47.4 Å². The standard InChI is InChI=1S/C23H23N7O3/c1-4-29-21(32)16-12-25-22(26-14-9-8-13-11-24-20(31)15(13)10-14)28-19(16)30(29)18-7-5-6-17(27-18)23(2,3)33/h5-10,12,33H,4,11H2,1-3H3,(H,24,31)(H,25,26,28). The van der Waals surface area contributed by atoms with E-state index in [1.54, 1.807) is 42.8 Å². The Kier molecular flexibility index (Phi) is 4.75. The minimum atomic E-state index is -1.14. The fourth-order valence-corrected chi connectivity index (χ4v) is 3.91. The number of carbonyl (C=O) groups excluding carboxylic acids is 1. The number of amides is 1. The number of rotatable bonds is 5. The van der Waals surface area contributed by atoms with Gasteiger partial charge >= 0.3 is 0 Å². The zero-order valence-corrected chi connectivity index (χ0v) is 18.5. The molecule has 5 rings (SSSR count). The summed E-state index contributed by atoms with van der Waals surface area (Å²) in [7, 11) is 0. The number of aliphatic hydroxyl groups is 1. The quantitative estimate of drug-likeness (QED) is 0.430. The maximum atomic E-state index is 13.0. The second kappa shape index (κ2) is 7.52. The summed E-state index contributed by atoms with van der Waals surface area (Å²) in [6, 6.07) is 10.8. The van der Waals surface area contributed by atoms with Crippen molar-refractivity contribution in [2.24, 2.45) is 0 Å². The van der Waals surface area contributed by atoms with Gasteiger partial charge in [-0.05, 0) is 50.6 Å². The number of nitrogens with one attached hydrogen (secondary N) is 2. The fraction of sp³-hybridized carbons (Fsp3) is 0.261. The molecule has 0 radical (unpaired) electrons. The molecule has 1 aromatic carbocycles. The third-order valence-electron chi connectivity index (χ3n) is 5.60. The van der Waals surface area contributed by atoms with Gasteiger partial charge in [0.2, 0.25) is 5.95 Å². The highest BCUT2D eigenvalue weighted by atomic mass is 16.3. The number of carbonyl (C=O) groups is 1. The van der Waals surface area contributed by atoms with Crippen LogP contribution in [0, 0.1) is 0 Å². The molecule has 10 heteroatoms. The van der Waals surface area contributed by atoms with Crippen LogP contribution < -0.4 is 16.2 Å². The summed E-state index contributed by atoms with van der Waals surface area (Å²) in [5.41, 5.74) is 1.70. The lowest BCUT2D eigenvalue weighted by Crippen LogP contribution is -2.23. The molecule has 1 aliphatic rings. The first kappa shape index (κ1) is 20.8. The summed E-state index contributed by atoms with van der Waals surface area (Å²) in [6.45, 7) is 6.08.